The number of aliphatic carboxylic acids is 1. The van der Waals surface area contributed by atoms with E-state index in [0.29, 0.717) is 11.8 Å². The number of likely N-dealkylation sites (tertiary alicyclic amines) is 1. The van der Waals surface area contributed by atoms with Gasteiger partial charge in [0.1, 0.15) is 0 Å². The van der Waals surface area contributed by atoms with E-state index < -0.39 is 30.5 Å². The maximum Gasteiger partial charge on any atom is 0.393 e. The minimum Gasteiger partial charge on any atom is -0.481 e. The molecule has 142 valence electrons. The van der Waals surface area contributed by atoms with Crippen LogP contribution in [0.15, 0.2) is 0 Å². The first-order chi connectivity index (χ1) is 11.6. The molecule has 2 saturated carbocycles. The Labute approximate surface area is 144 Å². The van der Waals surface area contributed by atoms with Crippen LogP contribution in [0.3, 0.4) is 0 Å². The van der Waals surface area contributed by atoms with Crippen LogP contribution in [-0.4, -0.2) is 53.7 Å². The van der Waals surface area contributed by atoms with Crippen molar-refractivity contribution in [2.24, 2.45) is 29.6 Å². The number of nitrogens with one attached hydrogen (secondary N) is 1. The van der Waals surface area contributed by atoms with E-state index in [1.165, 1.54) is 24.2 Å². The van der Waals surface area contributed by atoms with Crippen LogP contribution in [0.5, 0.6) is 0 Å². The Morgan fingerprint density at radius 1 is 1.24 bits per heavy atom. The summed E-state index contributed by atoms with van der Waals surface area (Å²) < 4.78 is 39.0. The van der Waals surface area contributed by atoms with E-state index in [-0.39, 0.29) is 25.0 Å². The molecule has 3 rings (SSSR count). The third kappa shape index (κ3) is 3.93. The van der Waals surface area contributed by atoms with Crippen LogP contribution in [-0.2, 0) is 9.59 Å². The number of carbonyl (C=O) groups excluding carboxylic acids is 1. The van der Waals surface area contributed by atoms with Crippen LogP contribution in [0.1, 0.15) is 32.6 Å². The van der Waals surface area contributed by atoms with Gasteiger partial charge >= 0.3 is 12.1 Å². The van der Waals surface area contributed by atoms with Crippen molar-refractivity contribution in [1.82, 2.24) is 10.2 Å². The molecule has 8 heteroatoms. The molecule has 2 bridgehead atoms. The summed E-state index contributed by atoms with van der Waals surface area (Å²) >= 11 is 0. The molecule has 0 aromatic heterocycles. The van der Waals surface area contributed by atoms with Gasteiger partial charge in [0.15, 0.2) is 0 Å². The molecule has 3 fully saturated rings. The topological polar surface area (TPSA) is 69.6 Å². The van der Waals surface area contributed by atoms with E-state index in [1.807, 2.05) is 6.92 Å². The quantitative estimate of drug-likeness (QED) is 0.786. The molecule has 1 aliphatic heterocycles. The van der Waals surface area contributed by atoms with Gasteiger partial charge < -0.3 is 10.4 Å². The van der Waals surface area contributed by atoms with Gasteiger partial charge in [-0.05, 0) is 43.9 Å². The van der Waals surface area contributed by atoms with Crippen molar-refractivity contribution in [3.63, 3.8) is 0 Å². The number of amides is 1. The maximum atomic E-state index is 13.0. The zero-order valence-electron chi connectivity index (χ0n) is 14.3. The third-order valence-electron chi connectivity index (χ3n) is 6.32. The normalized spacial score (nSPS) is 36.6. The van der Waals surface area contributed by atoms with Crippen molar-refractivity contribution in [2.45, 2.75) is 44.8 Å². The predicted octanol–water partition coefficient (Wildman–Crippen LogP) is 2.12. The zero-order chi connectivity index (χ0) is 18.4. The van der Waals surface area contributed by atoms with Gasteiger partial charge in [-0.2, -0.15) is 13.2 Å². The first-order valence-corrected chi connectivity index (χ1v) is 8.96. The molecule has 1 saturated heterocycles. The van der Waals surface area contributed by atoms with Crippen molar-refractivity contribution >= 4 is 11.9 Å². The molecule has 3 aliphatic rings. The van der Waals surface area contributed by atoms with Crippen molar-refractivity contribution in [3.8, 4) is 0 Å². The van der Waals surface area contributed by atoms with Crippen molar-refractivity contribution in [3.05, 3.63) is 0 Å². The number of hydrogen-bond acceptors (Lipinski definition) is 3. The van der Waals surface area contributed by atoms with Crippen LogP contribution >= 0.6 is 0 Å². The lowest BCUT2D eigenvalue weighted by Crippen LogP contribution is -2.44. The number of hydrogen-bond donors (Lipinski definition) is 2. The summed E-state index contributed by atoms with van der Waals surface area (Å²) in [5, 5.41) is 11.9. The van der Waals surface area contributed by atoms with E-state index >= 15 is 0 Å². The van der Waals surface area contributed by atoms with E-state index in [4.69, 9.17) is 5.11 Å². The first kappa shape index (κ1) is 18.5. The van der Waals surface area contributed by atoms with Crippen molar-refractivity contribution in [1.29, 1.82) is 0 Å². The van der Waals surface area contributed by atoms with Gasteiger partial charge in [-0.3, -0.25) is 14.5 Å². The van der Waals surface area contributed by atoms with Crippen LogP contribution < -0.4 is 5.32 Å². The van der Waals surface area contributed by atoms with Crippen LogP contribution in [0.2, 0.25) is 0 Å². The second-order valence-corrected chi connectivity index (χ2v) is 7.98. The summed E-state index contributed by atoms with van der Waals surface area (Å²) in [5.74, 6) is -3.33. The maximum absolute atomic E-state index is 13.0. The Kier molecular flexibility index (Phi) is 5.01. The number of alkyl halides is 3. The molecule has 0 radical (unpaired) electrons. The van der Waals surface area contributed by atoms with Gasteiger partial charge in [0.25, 0.3) is 0 Å². The highest BCUT2D eigenvalue weighted by atomic mass is 19.4. The summed E-state index contributed by atoms with van der Waals surface area (Å²) in [6, 6.07) is 0.0130. The Balaban J connectivity index is 1.52. The fourth-order valence-electron chi connectivity index (χ4n) is 5.11. The van der Waals surface area contributed by atoms with Gasteiger partial charge in [-0.25, -0.2) is 0 Å². The molecule has 0 aromatic rings. The molecular weight excluding hydrogens is 337 g/mol. The second kappa shape index (κ2) is 6.78. The van der Waals surface area contributed by atoms with Gasteiger partial charge in [0.2, 0.25) is 5.91 Å². The minimum atomic E-state index is -4.56. The lowest BCUT2D eigenvalue weighted by atomic mass is 9.84. The average molecular weight is 362 g/mol. The number of rotatable bonds is 5. The number of carbonyl (C=O) groups is 2. The first-order valence-electron chi connectivity index (χ1n) is 8.96. The summed E-state index contributed by atoms with van der Waals surface area (Å²) in [4.78, 5) is 24.6. The fourth-order valence-corrected chi connectivity index (χ4v) is 5.11. The zero-order valence-corrected chi connectivity index (χ0v) is 14.3. The lowest BCUT2D eigenvalue weighted by molar-refractivity contribution is -0.188. The van der Waals surface area contributed by atoms with Crippen molar-refractivity contribution < 1.29 is 27.9 Å². The van der Waals surface area contributed by atoms with E-state index in [2.05, 4.69) is 5.32 Å². The second-order valence-electron chi connectivity index (χ2n) is 7.98. The Bertz CT molecular complexity index is 540. The van der Waals surface area contributed by atoms with Crippen LogP contribution in [0.4, 0.5) is 13.2 Å². The molecule has 0 aromatic carbocycles. The average Bonchev–Trinajstić information content (AvgIpc) is 3.20. The van der Waals surface area contributed by atoms with Crippen LogP contribution in [0, 0.1) is 29.6 Å². The summed E-state index contributed by atoms with van der Waals surface area (Å²) in [6.45, 7) is 1.11. The number of carboxylic acid groups (broad SMARTS) is 1. The van der Waals surface area contributed by atoms with Gasteiger partial charge in [-0.1, -0.05) is 6.42 Å². The standard InChI is InChI=1S/C17H25F3N2O3/c1-9(12-5-10-2-3-11(12)4-10)21-15(23)8-22-6-13(16(24)25)14(7-22)17(18,19)20/h9-14H,2-8H2,1H3,(H,21,23)(H,24,25)/t9?,10?,11?,12?,13-,14-/m1/s1. The smallest absolute Gasteiger partial charge is 0.393 e. The van der Waals surface area contributed by atoms with Gasteiger partial charge in [0.05, 0.1) is 18.4 Å². The molecular formula is C17H25F3N2O3. The molecule has 2 N–H and O–H groups in total. The molecule has 2 aliphatic carbocycles. The Morgan fingerprint density at radius 3 is 2.44 bits per heavy atom. The summed E-state index contributed by atoms with van der Waals surface area (Å²) in [6.07, 6.45) is 0.252. The van der Waals surface area contributed by atoms with Crippen molar-refractivity contribution in [2.75, 3.05) is 19.6 Å². The fraction of sp³-hybridized carbons (Fsp3) is 0.882. The number of fused-ring (bicyclic) bond motifs is 2. The molecule has 1 amide bonds. The summed E-state index contributed by atoms with van der Waals surface area (Å²) in [5.41, 5.74) is 0. The molecule has 6 atom stereocenters. The van der Waals surface area contributed by atoms with Gasteiger partial charge in [0, 0.05) is 19.1 Å². The molecule has 0 spiro atoms. The SMILES string of the molecule is CC(NC(=O)CN1C[C@@H](C(F)(F)F)[C@H](C(=O)O)C1)C1CC2CCC1C2. The molecule has 1 heterocycles. The number of nitrogens with zero attached hydrogens (tertiary/aromatic N) is 1. The van der Waals surface area contributed by atoms with E-state index in [1.54, 1.807) is 0 Å². The number of halogens is 3. The lowest BCUT2D eigenvalue weighted by Gasteiger charge is -2.29. The Morgan fingerprint density at radius 2 is 1.96 bits per heavy atom. The third-order valence-corrected chi connectivity index (χ3v) is 6.32. The molecule has 4 unspecified atom stereocenters. The van der Waals surface area contributed by atoms with E-state index in [9.17, 15) is 22.8 Å². The highest BCUT2D eigenvalue weighted by molar-refractivity contribution is 5.78. The summed E-state index contributed by atoms with van der Waals surface area (Å²) in [7, 11) is 0. The molecule has 5 nitrogen and oxygen atoms in total. The van der Waals surface area contributed by atoms with Crippen LogP contribution in [0.25, 0.3) is 0 Å². The monoisotopic (exact) mass is 362 g/mol. The van der Waals surface area contributed by atoms with E-state index in [0.717, 1.165) is 12.3 Å². The predicted molar refractivity (Wildman–Crippen MR) is 83.7 cm³/mol. The largest absolute Gasteiger partial charge is 0.481 e. The van der Waals surface area contributed by atoms with Gasteiger partial charge in [-0.15, -0.1) is 0 Å². The molecule has 25 heavy (non-hydrogen) atoms. The highest BCUT2D eigenvalue weighted by Crippen LogP contribution is 2.49. The highest BCUT2D eigenvalue weighted by Gasteiger charge is 2.52. The Hall–Kier alpha value is -1.31. The number of carboxylic acids is 1. The minimum absolute atomic E-state index is 0.0130.